The zero-order valence-electron chi connectivity index (χ0n) is 14.6. The summed E-state index contributed by atoms with van der Waals surface area (Å²) in [5.74, 6) is 0.504. The maximum absolute atomic E-state index is 14.3. The van der Waals surface area contributed by atoms with Crippen molar-refractivity contribution in [1.29, 1.82) is 0 Å². The number of hydrogen-bond donors (Lipinski definition) is 2. The summed E-state index contributed by atoms with van der Waals surface area (Å²) in [5.41, 5.74) is 1.37. The van der Waals surface area contributed by atoms with Crippen molar-refractivity contribution in [1.82, 2.24) is 20.2 Å². The third kappa shape index (κ3) is 4.54. The van der Waals surface area contributed by atoms with Crippen LogP contribution in [0.25, 0.3) is 5.69 Å². The van der Waals surface area contributed by atoms with E-state index in [9.17, 15) is 4.39 Å². The third-order valence-corrected chi connectivity index (χ3v) is 5.63. The lowest BCUT2D eigenvalue weighted by atomic mass is 10.2. The van der Waals surface area contributed by atoms with Gasteiger partial charge in [0.15, 0.2) is 5.96 Å². The number of nitrogens with zero attached hydrogens (tertiary/aromatic N) is 3. The van der Waals surface area contributed by atoms with Gasteiger partial charge in [-0.2, -0.15) is 11.8 Å². The van der Waals surface area contributed by atoms with Gasteiger partial charge in [-0.15, -0.1) is 0 Å². The van der Waals surface area contributed by atoms with Crippen molar-refractivity contribution >= 4 is 17.7 Å². The minimum atomic E-state index is -0.265. The average Bonchev–Trinajstić information content (AvgIpc) is 3.30. The van der Waals surface area contributed by atoms with Crippen LogP contribution in [0.3, 0.4) is 0 Å². The lowest BCUT2D eigenvalue weighted by Gasteiger charge is -2.17. The van der Waals surface area contributed by atoms with Crippen molar-refractivity contribution < 1.29 is 4.39 Å². The van der Waals surface area contributed by atoms with Crippen molar-refractivity contribution in [2.45, 2.75) is 37.1 Å². The number of hydrogen-bond acceptors (Lipinski definition) is 3. The Hall–Kier alpha value is -2.02. The van der Waals surface area contributed by atoms with Gasteiger partial charge in [-0.3, -0.25) is 4.99 Å². The number of benzene rings is 1. The van der Waals surface area contributed by atoms with E-state index < -0.39 is 0 Å². The van der Waals surface area contributed by atoms with Crippen LogP contribution in [-0.4, -0.2) is 40.1 Å². The number of thioether (sulfide) groups is 1. The number of imidazole rings is 1. The fourth-order valence-corrected chi connectivity index (χ4v) is 3.93. The van der Waals surface area contributed by atoms with Gasteiger partial charge in [0.05, 0.1) is 12.0 Å². The summed E-state index contributed by atoms with van der Waals surface area (Å²) in [5, 5.41) is 7.48. The summed E-state index contributed by atoms with van der Waals surface area (Å²) in [6.45, 7) is 0.527. The van der Waals surface area contributed by atoms with Crippen LogP contribution in [0.5, 0.6) is 0 Å². The molecular formula is C18H24FN5S. The predicted molar refractivity (Wildman–Crippen MR) is 102 cm³/mol. The summed E-state index contributed by atoms with van der Waals surface area (Å²) in [7, 11) is 1.76. The lowest BCUT2D eigenvalue weighted by molar-refractivity contribution is 0.608. The molecule has 25 heavy (non-hydrogen) atoms. The Morgan fingerprint density at radius 2 is 2.32 bits per heavy atom. The molecule has 1 aliphatic carbocycles. The molecule has 0 bridgehead atoms. The van der Waals surface area contributed by atoms with Gasteiger partial charge in [-0.1, -0.05) is 6.07 Å². The van der Waals surface area contributed by atoms with Gasteiger partial charge >= 0.3 is 0 Å². The summed E-state index contributed by atoms with van der Waals surface area (Å²) >= 11 is 1.93. The van der Waals surface area contributed by atoms with E-state index in [-0.39, 0.29) is 5.82 Å². The molecule has 2 aromatic rings. The van der Waals surface area contributed by atoms with Gasteiger partial charge in [0.2, 0.25) is 0 Å². The third-order valence-electron chi connectivity index (χ3n) is 4.54. The maximum atomic E-state index is 14.3. The molecule has 1 aliphatic rings. The molecule has 1 heterocycles. The van der Waals surface area contributed by atoms with Gasteiger partial charge in [0.25, 0.3) is 0 Å². The first-order valence-electron chi connectivity index (χ1n) is 8.46. The maximum Gasteiger partial charge on any atom is 0.191 e. The SMILES string of the molecule is CN=C(NCc1ccc(-n2ccnc2)c(F)c1)NC1CCC(SC)C1. The number of guanidine groups is 1. The minimum Gasteiger partial charge on any atom is -0.354 e. The van der Waals surface area contributed by atoms with Crippen molar-refractivity contribution in [2.24, 2.45) is 4.99 Å². The highest BCUT2D eigenvalue weighted by atomic mass is 32.2. The largest absolute Gasteiger partial charge is 0.354 e. The average molecular weight is 361 g/mol. The van der Waals surface area contributed by atoms with Gasteiger partial charge in [-0.05, 0) is 43.2 Å². The first-order valence-corrected chi connectivity index (χ1v) is 9.75. The second kappa shape index (κ2) is 8.38. The molecular weight excluding hydrogens is 337 g/mol. The van der Waals surface area contributed by atoms with Crippen molar-refractivity contribution in [3.8, 4) is 5.69 Å². The highest BCUT2D eigenvalue weighted by molar-refractivity contribution is 7.99. The van der Waals surface area contributed by atoms with Crippen LogP contribution < -0.4 is 10.6 Å². The van der Waals surface area contributed by atoms with Crippen LogP contribution in [0, 0.1) is 5.82 Å². The van der Waals surface area contributed by atoms with Crippen molar-refractivity contribution in [3.63, 3.8) is 0 Å². The Morgan fingerprint density at radius 3 is 2.96 bits per heavy atom. The van der Waals surface area contributed by atoms with Gasteiger partial charge < -0.3 is 15.2 Å². The molecule has 2 N–H and O–H groups in total. The molecule has 0 saturated heterocycles. The fraction of sp³-hybridized carbons (Fsp3) is 0.444. The zero-order chi connectivity index (χ0) is 17.6. The van der Waals surface area contributed by atoms with E-state index in [1.165, 1.54) is 12.8 Å². The smallest absolute Gasteiger partial charge is 0.191 e. The van der Waals surface area contributed by atoms with Gasteiger partial charge in [0, 0.05) is 37.3 Å². The van der Waals surface area contributed by atoms with E-state index in [2.05, 4.69) is 26.9 Å². The van der Waals surface area contributed by atoms with Crippen molar-refractivity contribution in [2.75, 3.05) is 13.3 Å². The van der Waals surface area contributed by atoms with Gasteiger partial charge in [0.1, 0.15) is 5.82 Å². The quantitative estimate of drug-likeness (QED) is 0.635. The highest BCUT2D eigenvalue weighted by Gasteiger charge is 2.24. The molecule has 2 atom stereocenters. The molecule has 134 valence electrons. The van der Waals surface area contributed by atoms with Crippen LogP contribution in [-0.2, 0) is 6.54 Å². The van der Waals surface area contributed by atoms with E-state index in [0.717, 1.165) is 23.2 Å². The molecule has 1 aromatic carbocycles. The molecule has 5 nitrogen and oxygen atoms in total. The second-order valence-electron chi connectivity index (χ2n) is 6.19. The monoisotopic (exact) mass is 361 g/mol. The Balaban J connectivity index is 1.56. The number of nitrogens with one attached hydrogen (secondary N) is 2. The number of aromatic nitrogens is 2. The summed E-state index contributed by atoms with van der Waals surface area (Å²) in [4.78, 5) is 8.23. The normalized spacial score (nSPS) is 20.7. The molecule has 2 unspecified atom stereocenters. The predicted octanol–water partition coefficient (Wildman–Crippen LogP) is 2.96. The van der Waals surface area contributed by atoms with E-state index in [0.29, 0.717) is 18.3 Å². The van der Waals surface area contributed by atoms with Crippen LogP contribution in [0.1, 0.15) is 24.8 Å². The number of halogens is 1. The second-order valence-corrected chi connectivity index (χ2v) is 7.33. The van der Waals surface area contributed by atoms with Crippen molar-refractivity contribution in [3.05, 3.63) is 48.3 Å². The van der Waals surface area contributed by atoms with Crippen LogP contribution in [0.15, 0.2) is 41.9 Å². The molecule has 0 aliphatic heterocycles. The summed E-state index contributed by atoms with van der Waals surface area (Å²) in [6.07, 6.45) is 10.7. The van der Waals surface area contributed by atoms with Crippen LogP contribution in [0.2, 0.25) is 0 Å². The molecule has 0 amide bonds. The van der Waals surface area contributed by atoms with Gasteiger partial charge in [-0.25, -0.2) is 9.37 Å². The van der Waals surface area contributed by atoms with E-state index in [4.69, 9.17) is 0 Å². The molecule has 1 aromatic heterocycles. The van der Waals surface area contributed by atoms with E-state index in [1.807, 2.05) is 17.8 Å². The highest BCUT2D eigenvalue weighted by Crippen LogP contribution is 2.28. The molecule has 1 saturated carbocycles. The van der Waals surface area contributed by atoms with Crippen LogP contribution in [0.4, 0.5) is 4.39 Å². The molecule has 0 spiro atoms. The molecule has 7 heteroatoms. The van der Waals surface area contributed by atoms with E-state index in [1.54, 1.807) is 42.5 Å². The topological polar surface area (TPSA) is 54.2 Å². The van der Waals surface area contributed by atoms with E-state index >= 15 is 0 Å². The Morgan fingerprint density at radius 1 is 1.44 bits per heavy atom. The Bertz CT molecular complexity index is 716. The molecule has 1 fully saturated rings. The summed E-state index contributed by atoms with van der Waals surface area (Å²) < 4.78 is 16.0. The Labute approximate surface area is 152 Å². The van der Waals surface area contributed by atoms with Crippen LogP contribution >= 0.6 is 11.8 Å². The first-order chi connectivity index (χ1) is 12.2. The molecule has 0 radical (unpaired) electrons. The number of aliphatic imine (C=N–C) groups is 1. The minimum absolute atomic E-state index is 0.265. The Kier molecular flexibility index (Phi) is 5.96. The zero-order valence-corrected chi connectivity index (χ0v) is 15.4. The fourth-order valence-electron chi connectivity index (χ4n) is 3.13. The standard InChI is InChI=1S/C18H24FN5S/c1-20-18(23-14-4-5-15(10-14)25-2)22-11-13-3-6-17(16(19)9-13)24-8-7-21-12-24/h3,6-9,12,14-15H,4-5,10-11H2,1-2H3,(H2,20,22,23). The number of rotatable bonds is 5. The summed E-state index contributed by atoms with van der Waals surface area (Å²) in [6, 6.07) is 5.70. The molecule has 3 rings (SSSR count). The first kappa shape index (κ1) is 17.8. The lowest BCUT2D eigenvalue weighted by Crippen LogP contribution is -2.42.